The van der Waals surface area contributed by atoms with E-state index in [1.165, 1.54) is 18.4 Å². The van der Waals surface area contributed by atoms with Crippen molar-refractivity contribution >= 4 is 0 Å². The van der Waals surface area contributed by atoms with Crippen molar-refractivity contribution < 1.29 is 0 Å². The van der Waals surface area contributed by atoms with E-state index >= 15 is 0 Å². The van der Waals surface area contributed by atoms with E-state index in [2.05, 4.69) is 32.2 Å². The van der Waals surface area contributed by atoms with Crippen LogP contribution in [-0.4, -0.2) is 5.54 Å². The third kappa shape index (κ3) is 4.20. The molecule has 0 aliphatic carbocycles. The number of hydrogen-bond donors (Lipinski definition) is 1. The van der Waals surface area contributed by atoms with E-state index < -0.39 is 0 Å². The van der Waals surface area contributed by atoms with Crippen LogP contribution in [0.5, 0.6) is 0 Å². The second kappa shape index (κ2) is 6.42. The summed E-state index contributed by atoms with van der Waals surface area (Å²) in [5.41, 5.74) is 2.18. The Bertz CT molecular complexity index is 375. The first-order chi connectivity index (χ1) is 8.13. The standard InChI is InChI=1S/C15H22N2/c1-4-10-15(3,5-2)17-12-14-8-6-13(11-16)7-9-14/h6-9,17H,4-5,10,12H2,1-3H3. The van der Waals surface area contributed by atoms with Gasteiger partial charge in [-0.1, -0.05) is 32.4 Å². The first-order valence-corrected chi connectivity index (χ1v) is 6.37. The smallest absolute Gasteiger partial charge is 0.0991 e. The predicted molar refractivity (Wildman–Crippen MR) is 71.6 cm³/mol. The van der Waals surface area contributed by atoms with Crippen LogP contribution in [0.3, 0.4) is 0 Å². The van der Waals surface area contributed by atoms with Crippen LogP contribution in [0.15, 0.2) is 24.3 Å². The number of rotatable bonds is 6. The van der Waals surface area contributed by atoms with Crippen molar-refractivity contribution in [2.75, 3.05) is 0 Å². The SMILES string of the molecule is CCCC(C)(CC)NCc1ccc(C#N)cc1. The summed E-state index contributed by atoms with van der Waals surface area (Å²) in [5.74, 6) is 0. The van der Waals surface area contributed by atoms with Crippen LogP contribution in [0.1, 0.15) is 51.2 Å². The van der Waals surface area contributed by atoms with Gasteiger partial charge in [-0.25, -0.2) is 0 Å². The molecule has 0 radical (unpaired) electrons. The summed E-state index contributed by atoms with van der Waals surface area (Å²) in [5, 5.41) is 12.3. The zero-order chi connectivity index (χ0) is 12.7. The summed E-state index contributed by atoms with van der Waals surface area (Å²) in [7, 11) is 0. The molecule has 0 aromatic heterocycles. The Kier molecular flexibility index (Phi) is 5.18. The van der Waals surface area contributed by atoms with Crippen molar-refractivity contribution in [2.24, 2.45) is 0 Å². The Hall–Kier alpha value is -1.33. The second-order valence-corrected chi connectivity index (χ2v) is 4.83. The fraction of sp³-hybridized carbons (Fsp3) is 0.533. The van der Waals surface area contributed by atoms with Gasteiger partial charge in [-0.15, -0.1) is 0 Å². The molecule has 1 aromatic rings. The molecule has 1 rings (SSSR count). The lowest BCUT2D eigenvalue weighted by atomic mass is 9.93. The summed E-state index contributed by atoms with van der Waals surface area (Å²) >= 11 is 0. The van der Waals surface area contributed by atoms with Crippen LogP contribution in [0, 0.1) is 11.3 Å². The molecule has 1 N–H and O–H groups in total. The molecule has 0 spiro atoms. The van der Waals surface area contributed by atoms with E-state index in [0.29, 0.717) is 0 Å². The van der Waals surface area contributed by atoms with Crippen LogP contribution in [-0.2, 0) is 6.54 Å². The molecule has 2 nitrogen and oxygen atoms in total. The first kappa shape index (κ1) is 13.7. The minimum Gasteiger partial charge on any atom is -0.307 e. The van der Waals surface area contributed by atoms with Gasteiger partial charge in [0.15, 0.2) is 0 Å². The van der Waals surface area contributed by atoms with Gasteiger partial charge in [0.05, 0.1) is 11.6 Å². The van der Waals surface area contributed by atoms with Gasteiger partial charge in [0, 0.05) is 12.1 Å². The Morgan fingerprint density at radius 1 is 1.24 bits per heavy atom. The third-order valence-electron chi connectivity index (χ3n) is 3.38. The van der Waals surface area contributed by atoms with E-state index in [-0.39, 0.29) is 5.54 Å². The number of nitrogens with zero attached hydrogens (tertiary/aromatic N) is 1. The maximum Gasteiger partial charge on any atom is 0.0991 e. The molecule has 0 aliphatic heterocycles. The molecular weight excluding hydrogens is 208 g/mol. The Labute approximate surface area is 105 Å². The lowest BCUT2D eigenvalue weighted by molar-refractivity contribution is 0.314. The fourth-order valence-corrected chi connectivity index (χ4v) is 1.95. The van der Waals surface area contributed by atoms with Crippen LogP contribution in [0.2, 0.25) is 0 Å². The highest BCUT2D eigenvalue weighted by molar-refractivity contribution is 5.31. The molecule has 0 heterocycles. The topological polar surface area (TPSA) is 35.8 Å². The predicted octanol–water partition coefficient (Wildman–Crippen LogP) is 3.62. The summed E-state index contributed by atoms with van der Waals surface area (Å²) < 4.78 is 0. The normalized spacial score (nSPS) is 14.0. The fourth-order valence-electron chi connectivity index (χ4n) is 1.95. The zero-order valence-electron chi connectivity index (χ0n) is 11.1. The molecule has 0 aliphatic rings. The zero-order valence-corrected chi connectivity index (χ0v) is 11.1. The van der Waals surface area contributed by atoms with Gasteiger partial charge in [-0.05, 0) is 37.5 Å². The van der Waals surface area contributed by atoms with Gasteiger partial charge in [-0.3, -0.25) is 0 Å². The average Bonchev–Trinajstić information content (AvgIpc) is 2.37. The summed E-state index contributed by atoms with van der Waals surface area (Å²) in [6, 6.07) is 9.93. The molecule has 92 valence electrons. The summed E-state index contributed by atoms with van der Waals surface area (Å²) in [4.78, 5) is 0. The van der Waals surface area contributed by atoms with Gasteiger partial charge >= 0.3 is 0 Å². The van der Waals surface area contributed by atoms with E-state index in [9.17, 15) is 0 Å². The highest BCUT2D eigenvalue weighted by atomic mass is 15.0. The van der Waals surface area contributed by atoms with E-state index in [4.69, 9.17) is 5.26 Å². The quantitative estimate of drug-likeness (QED) is 0.810. The Balaban J connectivity index is 2.57. The van der Waals surface area contributed by atoms with Crippen molar-refractivity contribution in [3.8, 4) is 6.07 Å². The van der Waals surface area contributed by atoms with Crippen LogP contribution >= 0.6 is 0 Å². The van der Waals surface area contributed by atoms with Gasteiger partial charge in [0.2, 0.25) is 0 Å². The van der Waals surface area contributed by atoms with Crippen LogP contribution in [0.25, 0.3) is 0 Å². The highest BCUT2D eigenvalue weighted by Crippen LogP contribution is 2.17. The molecular formula is C15H22N2. The van der Waals surface area contributed by atoms with Crippen LogP contribution < -0.4 is 5.32 Å². The van der Waals surface area contributed by atoms with Crippen molar-refractivity contribution in [3.63, 3.8) is 0 Å². The molecule has 1 aromatic carbocycles. The number of hydrogen-bond acceptors (Lipinski definition) is 2. The Morgan fingerprint density at radius 3 is 2.35 bits per heavy atom. The monoisotopic (exact) mass is 230 g/mol. The highest BCUT2D eigenvalue weighted by Gasteiger charge is 2.19. The van der Waals surface area contributed by atoms with Crippen LogP contribution in [0.4, 0.5) is 0 Å². The molecule has 17 heavy (non-hydrogen) atoms. The summed E-state index contributed by atoms with van der Waals surface area (Å²) in [6.07, 6.45) is 3.53. The van der Waals surface area contributed by atoms with E-state index in [1.807, 2.05) is 24.3 Å². The van der Waals surface area contributed by atoms with Crippen molar-refractivity contribution in [2.45, 2.75) is 52.1 Å². The lowest BCUT2D eigenvalue weighted by Gasteiger charge is -2.29. The molecule has 1 unspecified atom stereocenters. The molecule has 0 saturated heterocycles. The molecule has 0 amide bonds. The minimum absolute atomic E-state index is 0.225. The lowest BCUT2D eigenvalue weighted by Crippen LogP contribution is -2.41. The van der Waals surface area contributed by atoms with E-state index in [0.717, 1.165) is 18.5 Å². The largest absolute Gasteiger partial charge is 0.307 e. The second-order valence-electron chi connectivity index (χ2n) is 4.83. The van der Waals surface area contributed by atoms with Crippen molar-refractivity contribution in [1.82, 2.24) is 5.32 Å². The number of nitriles is 1. The average molecular weight is 230 g/mol. The van der Waals surface area contributed by atoms with E-state index in [1.54, 1.807) is 0 Å². The maximum atomic E-state index is 8.73. The molecule has 0 fully saturated rings. The third-order valence-corrected chi connectivity index (χ3v) is 3.38. The van der Waals surface area contributed by atoms with Crippen molar-refractivity contribution in [1.29, 1.82) is 5.26 Å². The number of benzene rings is 1. The first-order valence-electron chi connectivity index (χ1n) is 6.37. The van der Waals surface area contributed by atoms with Gasteiger partial charge in [0.1, 0.15) is 0 Å². The van der Waals surface area contributed by atoms with Gasteiger partial charge in [0.25, 0.3) is 0 Å². The van der Waals surface area contributed by atoms with Crippen molar-refractivity contribution in [3.05, 3.63) is 35.4 Å². The molecule has 0 saturated carbocycles. The van der Waals surface area contributed by atoms with Gasteiger partial charge in [-0.2, -0.15) is 5.26 Å². The van der Waals surface area contributed by atoms with Gasteiger partial charge < -0.3 is 5.32 Å². The Morgan fingerprint density at radius 2 is 1.88 bits per heavy atom. The summed E-state index contributed by atoms with van der Waals surface area (Å²) in [6.45, 7) is 7.59. The molecule has 0 bridgehead atoms. The number of nitrogens with one attached hydrogen (secondary N) is 1. The maximum absolute atomic E-state index is 8.73. The minimum atomic E-state index is 0.225. The molecule has 2 heteroatoms. The molecule has 1 atom stereocenters.